The Labute approximate surface area is 207 Å². The van der Waals surface area contributed by atoms with Crippen molar-refractivity contribution in [2.24, 2.45) is 0 Å². The van der Waals surface area contributed by atoms with Crippen LogP contribution >= 0.6 is 0 Å². The van der Waals surface area contributed by atoms with Gasteiger partial charge in [-0.15, -0.1) is 0 Å². The molecule has 0 amide bonds. The first-order valence-electron chi connectivity index (χ1n) is 12.0. The van der Waals surface area contributed by atoms with Crippen LogP contribution in [0.4, 0.5) is 0 Å². The summed E-state index contributed by atoms with van der Waals surface area (Å²) in [5, 5.41) is 0. The van der Waals surface area contributed by atoms with Crippen molar-refractivity contribution in [1.82, 2.24) is 0 Å². The van der Waals surface area contributed by atoms with Crippen LogP contribution in [-0.4, -0.2) is 21.3 Å². The van der Waals surface area contributed by atoms with Gasteiger partial charge in [-0.25, -0.2) is 0 Å². The van der Waals surface area contributed by atoms with Gasteiger partial charge in [0.1, 0.15) is 17.2 Å². The summed E-state index contributed by atoms with van der Waals surface area (Å²) in [4.78, 5) is 0. The van der Waals surface area contributed by atoms with Crippen molar-refractivity contribution in [3.8, 4) is 39.9 Å². The Hall–Kier alpha value is -3.92. The van der Waals surface area contributed by atoms with E-state index in [1.807, 2.05) is 24.3 Å². The van der Waals surface area contributed by atoms with Gasteiger partial charge in [0.2, 0.25) is 0 Å². The second-order valence-corrected chi connectivity index (χ2v) is 8.76. The summed E-state index contributed by atoms with van der Waals surface area (Å²) in [5.74, 6) is 3.96. The Balaban J connectivity index is 1.63. The number of aryl methyl sites for hydroxylation is 4. The third-order valence-electron chi connectivity index (χ3n) is 6.63. The van der Waals surface area contributed by atoms with Crippen LogP contribution in [0.5, 0.6) is 28.7 Å². The summed E-state index contributed by atoms with van der Waals surface area (Å²) in [6, 6.07) is 27.2. The second kappa shape index (κ2) is 10.1. The summed E-state index contributed by atoms with van der Waals surface area (Å²) in [7, 11) is 5.13. The van der Waals surface area contributed by atoms with Crippen LogP contribution < -0.4 is 18.9 Å². The monoisotopic (exact) mass is 466 g/mol. The Morgan fingerprint density at radius 1 is 0.571 bits per heavy atom. The van der Waals surface area contributed by atoms with Gasteiger partial charge in [-0.05, 0) is 84.3 Å². The fourth-order valence-corrected chi connectivity index (χ4v) is 4.73. The summed E-state index contributed by atoms with van der Waals surface area (Å²) < 4.78 is 23.5. The van der Waals surface area contributed by atoms with Gasteiger partial charge in [0.05, 0.1) is 21.3 Å². The molecule has 4 aromatic rings. The molecule has 3 aliphatic heterocycles. The molecular formula is C31H30O4. The highest BCUT2D eigenvalue weighted by Crippen LogP contribution is 2.40. The predicted octanol–water partition coefficient (Wildman–Crippen LogP) is 7.06. The standard InChI is InChI=1S/C31H30O4/c1-32-27-18-13-23-9-14-24-5-4-6-28(33-2)31(24)26-17-12-22(19-29(26)34-3)8-7-21-10-15-25(16-11-21)35-30(27)20-23/h4-6,10-13,15-20H,7-9,14H2,1-3H3. The first-order chi connectivity index (χ1) is 17.2. The average molecular weight is 467 g/mol. The molecule has 178 valence electrons. The number of hydrogen-bond acceptors (Lipinski definition) is 4. The van der Waals surface area contributed by atoms with Gasteiger partial charge < -0.3 is 18.9 Å². The van der Waals surface area contributed by atoms with Crippen LogP contribution in [0.2, 0.25) is 0 Å². The lowest BCUT2D eigenvalue weighted by Crippen LogP contribution is -2.01. The van der Waals surface area contributed by atoms with Gasteiger partial charge in [0.25, 0.3) is 0 Å². The minimum atomic E-state index is 0.721. The summed E-state index contributed by atoms with van der Waals surface area (Å²) in [5.41, 5.74) is 7.02. The Morgan fingerprint density at radius 3 is 2.00 bits per heavy atom. The van der Waals surface area contributed by atoms with E-state index in [2.05, 4.69) is 54.6 Å². The van der Waals surface area contributed by atoms with E-state index in [0.717, 1.165) is 65.6 Å². The molecule has 0 atom stereocenters. The van der Waals surface area contributed by atoms with Gasteiger partial charge in [0, 0.05) is 11.1 Å². The quantitative estimate of drug-likeness (QED) is 0.324. The van der Waals surface area contributed by atoms with Crippen LogP contribution in [0.3, 0.4) is 0 Å². The van der Waals surface area contributed by atoms with E-state index in [9.17, 15) is 0 Å². The summed E-state index contributed by atoms with van der Waals surface area (Å²) in [6.45, 7) is 0. The number of fused-ring (bicyclic) bond motifs is 2. The molecule has 0 saturated heterocycles. The molecule has 4 nitrogen and oxygen atoms in total. The molecule has 0 aromatic heterocycles. The van der Waals surface area contributed by atoms with Crippen LogP contribution in [0.1, 0.15) is 22.3 Å². The van der Waals surface area contributed by atoms with E-state index >= 15 is 0 Å². The van der Waals surface area contributed by atoms with Crippen molar-refractivity contribution in [2.75, 3.05) is 21.3 Å². The van der Waals surface area contributed by atoms with Gasteiger partial charge in [0.15, 0.2) is 11.5 Å². The van der Waals surface area contributed by atoms with Gasteiger partial charge in [-0.3, -0.25) is 0 Å². The zero-order valence-electron chi connectivity index (χ0n) is 20.5. The largest absolute Gasteiger partial charge is 0.496 e. The molecule has 7 rings (SSSR count). The molecule has 0 fully saturated rings. The lowest BCUT2D eigenvalue weighted by Gasteiger charge is -2.18. The number of hydrogen-bond donors (Lipinski definition) is 0. The normalized spacial score (nSPS) is 12.8. The number of benzene rings is 4. The minimum absolute atomic E-state index is 0.721. The average Bonchev–Trinajstić information content (AvgIpc) is 2.91. The lowest BCUT2D eigenvalue weighted by molar-refractivity contribution is 0.378. The Morgan fingerprint density at radius 2 is 1.23 bits per heavy atom. The van der Waals surface area contributed by atoms with E-state index < -0.39 is 0 Å². The third-order valence-corrected chi connectivity index (χ3v) is 6.63. The lowest BCUT2D eigenvalue weighted by atomic mass is 9.92. The molecule has 0 radical (unpaired) electrons. The molecule has 0 unspecified atom stereocenters. The molecule has 35 heavy (non-hydrogen) atoms. The number of methoxy groups -OCH3 is 3. The van der Waals surface area contributed by atoms with E-state index in [4.69, 9.17) is 18.9 Å². The van der Waals surface area contributed by atoms with E-state index in [1.54, 1.807) is 21.3 Å². The van der Waals surface area contributed by atoms with Crippen LogP contribution in [0, 0.1) is 0 Å². The molecule has 3 heterocycles. The maximum Gasteiger partial charge on any atom is 0.169 e. The van der Waals surface area contributed by atoms with Crippen molar-refractivity contribution in [2.45, 2.75) is 25.7 Å². The highest BCUT2D eigenvalue weighted by molar-refractivity contribution is 5.79. The highest BCUT2D eigenvalue weighted by Gasteiger charge is 2.17. The molecule has 0 aliphatic carbocycles. The van der Waals surface area contributed by atoms with E-state index in [1.165, 1.54) is 22.3 Å². The van der Waals surface area contributed by atoms with Gasteiger partial charge in [-0.2, -0.15) is 0 Å². The first-order valence-corrected chi connectivity index (χ1v) is 12.0. The molecule has 0 spiro atoms. The van der Waals surface area contributed by atoms with Crippen molar-refractivity contribution in [3.63, 3.8) is 0 Å². The maximum atomic E-state index is 6.23. The predicted molar refractivity (Wildman–Crippen MR) is 139 cm³/mol. The van der Waals surface area contributed by atoms with Crippen molar-refractivity contribution in [3.05, 3.63) is 101 Å². The summed E-state index contributed by atoms with van der Waals surface area (Å²) >= 11 is 0. The molecule has 0 saturated carbocycles. The maximum absolute atomic E-state index is 6.23. The van der Waals surface area contributed by atoms with Gasteiger partial charge in [-0.1, -0.05) is 42.5 Å². The van der Waals surface area contributed by atoms with Gasteiger partial charge >= 0.3 is 0 Å². The van der Waals surface area contributed by atoms with Crippen molar-refractivity contribution in [1.29, 1.82) is 0 Å². The second-order valence-electron chi connectivity index (χ2n) is 8.76. The fraction of sp³-hybridized carbons (Fsp3) is 0.226. The minimum Gasteiger partial charge on any atom is -0.496 e. The fourth-order valence-electron chi connectivity index (χ4n) is 4.73. The Kier molecular flexibility index (Phi) is 6.62. The number of rotatable bonds is 3. The molecule has 3 aliphatic rings. The molecule has 4 heteroatoms. The SMILES string of the molecule is COc1ccc2cc1Oc1ccc(cc1)CCc1ccc(c(OC)c1)-c1c(cccc1OC)CC2. The molecular weight excluding hydrogens is 436 g/mol. The summed E-state index contributed by atoms with van der Waals surface area (Å²) in [6.07, 6.45) is 3.55. The zero-order chi connectivity index (χ0) is 24.2. The van der Waals surface area contributed by atoms with Crippen LogP contribution in [0.25, 0.3) is 11.1 Å². The molecule has 6 bridgehead atoms. The number of ether oxygens (including phenoxy) is 4. The zero-order valence-corrected chi connectivity index (χ0v) is 20.5. The van der Waals surface area contributed by atoms with E-state index in [-0.39, 0.29) is 0 Å². The van der Waals surface area contributed by atoms with Crippen molar-refractivity contribution < 1.29 is 18.9 Å². The van der Waals surface area contributed by atoms with Crippen LogP contribution in [0.15, 0.2) is 78.9 Å². The smallest absolute Gasteiger partial charge is 0.169 e. The van der Waals surface area contributed by atoms with Crippen molar-refractivity contribution >= 4 is 0 Å². The van der Waals surface area contributed by atoms with Crippen LogP contribution in [-0.2, 0) is 25.7 Å². The topological polar surface area (TPSA) is 36.9 Å². The first kappa shape index (κ1) is 22.9. The molecule has 4 aromatic carbocycles. The highest BCUT2D eigenvalue weighted by atomic mass is 16.5. The Bertz CT molecular complexity index is 1320. The third kappa shape index (κ3) is 4.83. The molecule has 0 N–H and O–H groups in total. The van der Waals surface area contributed by atoms with E-state index in [0.29, 0.717) is 0 Å².